The zero-order valence-corrected chi connectivity index (χ0v) is 19.5. The highest BCUT2D eigenvalue weighted by Gasteiger charge is 2.23. The molecule has 1 aliphatic heterocycles. The van der Waals surface area contributed by atoms with Gasteiger partial charge in [-0.05, 0) is 41.0 Å². The third kappa shape index (κ3) is 4.64. The van der Waals surface area contributed by atoms with Crippen molar-refractivity contribution in [1.82, 2.24) is 30.1 Å². The highest BCUT2D eigenvalue weighted by Crippen LogP contribution is 2.34. The molecule has 1 saturated carbocycles. The van der Waals surface area contributed by atoms with E-state index in [1.807, 2.05) is 41.1 Å². The molecule has 0 atom stereocenters. The molecule has 180 valence electrons. The Bertz CT molecular complexity index is 1380. The summed E-state index contributed by atoms with van der Waals surface area (Å²) in [6.07, 6.45) is 4.64. The van der Waals surface area contributed by atoms with Crippen LogP contribution in [0, 0.1) is 0 Å². The van der Waals surface area contributed by atoms with E-state index in [2.05, 4.69) is 37.5 Å². The van der Waals surface area contributed by atoms with Crippen LogP contribution >= 0.6 is 0 Å². The van der Waals surface area contributed by atoms with Crippen LogP contribution in [0.1, 0.15) is 48.7 Å². The molecule has 0 spiro atoms. The van der Waals surface area contributed by atoms with Crippen molar-refractivity contribution in [2.45, 2.75) is 51.4 Å². The SMILES string of the molecule is O=c1[nH]c2cc3c(cc2cc1CN(Cc1ccccc1)Cc1nnnn1C1CCCC1)OCCO3. The Kier molecular flexibility index (Phi) is 5.91. The molecule has 4 aromatic rings. The molecule has 0 saturated heterocycles. The quantitative estimate of drug-likeness (QED) is 0.439. The molecule has 6 rings (SSSR count). The number of pyridine rings is 1. The van der Waals surface area contributed by atoms with Crippen molar-refractivity contribution in [2.75, 3.05) is 13.2 Å². The van der Waals surface area contributed by atoms with Gasteiger partial charge in [-0.2, -0.15) is 0 Å². The van der Waals surface area contributed by atoms with Crippen LogP contribution in [0.5, 0.6) is 11.5 Å². The van der Waals surface area contributed by atoms with E-state index in [1.54, 1.807) is 0 Å². The van der Waals surface area contributed by atoms with Gasteiger partial charge in [-0.15, -0.1) is 5.10 Å². The van der Waals surface area contributed by atoms with Crippen LogP contribution in [0.15, 0.2) is 53.3 Å². The standard InChI is InChI=1S/C26H28N6O3/c33-26-20(12-19-13-23-24(14-22(19)27-26)35-11-10-34-23)16-31(15-18-6-2-1-3-7-18)17-25-28-29-30-32(25)21-8-4-5-9-21/h1-3,6-7,12-14,21H,4-5,8-11,15-17H2,(H,27,33). The number of rotatable bonds is 7. The largest absolute Gasteiger partial charge is 0.486 e. The summed E-state index contributed by atoms with van der Waals surface area (Å²) in [7, 11) is 0. The maximum absolute atomic E-state index is 13.1. The number of ether oxygens (including phenoxy) is 2. The van der Waals surface area contributed by atoms with Gasteiger partial charge >= 0.3 is 0 Å². The molecule has 9 heteroatoms. The van der Waals surface area contributed by atoms with Crippen molar-refractivity contribution in [3.63, 3.8) is 0 Å². The minimum atomic E-state index is -0.109. The Balaban J connectivity index is 1.31. The van der Waals surface area contributed by atoms with Crippen LogP contribution < -0.4 is 15.0 Å². The van der Waals surface area contributed by atoms with Crippen LogP contribution in [-0.2, 0) is 19.6 Å². The van der Waals surface area contributed by atoms with Gasteiger partial charge in [0.25, 0.3) is 5.56 Å². The molecule has 0 amide bonds. The van der Waals surface area contributed by atoms with E-state index in [4.69, 9.17) is 9.47 Å². The van der Waals surface area contributed by atoms with Gasteiger partial charge in [0.15, 0.2) is 17.3 Å². The predicted molar refractivity (Wildman–Crippen MR) is 130 cm³/mol. The first-order valence-corrected chi connectivity index (χ1v) is 12.2. The first-order chi connectivity index (χ1) is 17.2. The summed E-state index contributed by atoms with van der Waals surface area (Å²) < 4.78 is 13.4. The number of aromatic nitrogens is 5. The van der Waals surface area contributed by atoms with Crippen molar-refractivity contribution in [2.24, 2.45) is 0 Å². The first kappa shape index (κ1) is 21.8. The second kappa shape index (κ2) is 9.50. The summed E-state index contributed by atoms with van der Waals surface area (Å²) in [6, 6.07) is 16.4. The van der Waals surface area contributed by atoms with Crippen molar-refractivity contribution >= 4 is 10.9 Å². The molecule has 2 aliphatic rings. The number of aromatic amines is 1. The van der Waals surface area contributed by atoms with Gasteiger partial charge in [0.05, 0.1) is 18.1 Å². The van der Waals surface area contributed by atoms with E-state index in [0.29, 0.717) is 56.0 Å². The van der Waals surface area contributed by atoms with E-state index < -0.39 is 0 Å². The first-order valence-electron chi connectivity index (χ1n) is 12.2. The molecule has 3 heterocycles. The van der Waals surface area contributed by atoms with Crippen LogP contribution in [-0.4, -0.2) is 43.3 Å². The zero-order valence-electron chi connectivity index (χ0n) is 19.5. The molecule has 1 aliphatic carbocycles. The van der Waals surface area contributed by atoms with Crippen molar-refractivity contribution in [3.8, 4) is 11.5 Å². The average Bonchev–Trinajstić information content (AvgIpc) is 3.56. The Morgan fingerprint density at radius 2 is 1.74 bits per heavy atom. The molecular weight excluding hydrogens is 444 g/mol. The molecule has 2 aromatic heterocycles. The van der Waals surface area contributed by atoms with E-state index in [0.717, 1.165) is 29.6 Å². The van der Waals surface area contributed by atoms with Crippen LogP contribution in [0.25, 0.3) is 10.9 Å². The summed E-state index contributed by atoms with van der Waals surface area (Å²) in [5.41, 5.74) is 2.49. The fraction of sp³-hybridized carbons (Fsp3) is 0.385. The van der Waals surface area contributed by atoms with Gasteiger partial charge in [-0.25, -0.2) is 4.68 Å². The lowest BCUT2D eigenvalue weighted by atomic mass is 10.1. The summed E-state index contributed by atoms with van der Waals surface area (Å²) in [5, 5.41) is 13.5. The summed E-state index contributed by atoms with van der Waals surface area (Å²) in [6.45, 7) is 2.73. The van der Waals surface area contributed by atoms with E-state index in [9.17, 15) is 4.79 Å². The maximum Gasteiger partial charge on any atom is 0.252 e. The van der Waals surface area contributed by atoms with Gasteiger partial charge in [0, 0.05) is 30.1 Å². The lowest BCUT2D eigenvalue weighted by Gasteiger charge is -2.23. The van der Waals surface area contributed by atoms with E-state index in [-0.39, 0.29) is 5.56 Å². The van der Waals surface area contributed by atoms with Crippen molar-refractivity contribution in [1.29, 1.82) is 0 Å². The number of nitrogens with zero attached hydrogens (tertiary/aromatic N) is 5. The molecule has 0 radical (unpaired) electrons. The molecule has 1 fully saturated rings. The van der Waals surface area contributed by atoms with Crippen LogP contribution in [0.3, 0.4) is 0 Å². The maximum atomic E-state index is 13.1. The Morgan fingerprint density at radius 3 is 2.54 bits per heavy atom. The number of H-pyrrole nitrogens is 1. The Morgan fingerprint density at radius 1 is 0.971 bits per heavy atom. The lowest BCUT2D eigenvalue weighted by Crippen LogP contribution is -2.28. The summed E-state index contributed by atoms with van der Waals surface area (Å²) in [4.78, 5) is 18.3. The molecule has 0 unspecified atom stereocenters. The van der Waals surface area contributed by atoms with Gasteiger partial charge in [-0.1, -0.05) is 43.2 Å². The third-order valence-electron chi connectivity index (χ3n) is 6.82. The molecule has 9 nitrogen and oxygen atoms in total. The van der Waals surface area contributed by atoms with Crippen molar-refractivity contribution in [3.05, 3.63) is 75.8 Å². The molecular formula is C26H28N6O3. The summed E-state index contributed by atoms with van der Waals surface area (Å²) >= 11 is 0. The highest BCUT2D eigenvalue weighted by atomic mass is 16.6. The number of tetrazole rings is 1. The van der Waals surface area contributed by atoms with Gasteiger partial charge in [0.2, 0.25) is 0 Å². The number of hydrogen-bond acceptors (Lipinski definition) is 7. The van der Waals surface area contributed by atoms with Gasteiger partial charge < -0.3 is 14.5 Å². The van der Waals surface area contributed by atoms with E-state index >= 15 is 0 Å². The van der Waals surface area contributed by atoms with Gasteiger partial charge in [0.1, 0.15) is 13.2 Å². The van der Waals surface area contributed by atoms with Crippen LogP contribution in [0.4, 0.5) is 0 Å². The lowest BCUT2D eigenvalue weighted by molar-refractivity contribution is 0.172. The number of hydrogen-bond donors (Lipinski definition) is 1. The summed E-state index contributed by atoms with van der Waals surface area (Å²) in [5.74, 6) is 2.21. The smallest absolute Gasteiger partial charge is 0.252 e. The predicted octanol–water partition coefficient (Wildman–Crippen LogP) is 3.60. The second-order valence-electron chi connectivity index (χ2n) is 9.32. The molecule has 0 bridgehead atoms. The monoisotopic (exact) mass is 472 g/mol. The van der Waals surface area contributed by atoms with E-state index in [1.165, 1.54) is 18.4 Å². The topological polar surface area (TPSA) is 98.2 Å². The number of fused-ring (bicyclic) bond motifs is 2. The zero-order chi connectivity index (χ0) is 23.6. The van der Waals surface area contributed by atoms with Crippen LogP contribution in [0.2, 0.25) is 0 Å². The number of nitrogens with one attached hydrogen (secondary N) is 1. The molecule has 2 aromatic carbocycles. The van der Waals surface area contributed by atoms with Crippen molar-refractivity contribution < 1.29 is 9.47 Å². The molecule has 35 heavy (non-hydrogen) atoms. The fourth-order valence-electron chi connectivity index (χ4n) is 5.10. The molecule has 1 N–H and O–H groups in total. The second-order valence-corrected chi connectivity index (χ2v) is 9.32. The number of benzene rings is 2. The fourth-order valence-corrected chi connectivity index (χ4v) is 5.10. The average molecular weight is 473 g/mol. The minimum Gasteiger partial charge on any atom is -0.486 e. The highest BCUT2D eigenvalue weighted by molar-refractivity contribution is 5.83. The normalized spacial score (nSPS) is 15.8. The Hall–Kier alpha value is -3.72. The third-order valence-corrected chi connectivity index (χ3v) is 6.82. The minimum absolute atomic E-state index is 0.109. The Labute approximate surface area is 202 Å². The van der Waals surface area contributed by atoms with Gasteiger partial charge in [-0.3, -0.25) is 9.69 Å².